The van der Waals surface area contributed by atoms with Gasteiger partial charge in [-0.15, -0.1) is 0 Å². The molecule has 4 heteroatoms. The van der Waals surface area contributed by atoms with Crippen LogP contribution in [-0.2, 0) is 10.0 Å². The molecule has 0 amide bonds. The van der Waals surface area contributed by atoms with Crippen molar-refractivity contribution in [3.05, 3.63) is 41.5 Å². The van der Waals surface area contributed by atoms with Crippen LogP contribution in [0.5, 0.6) is 0 Å². The molecule has 0 aromatic heterocycles. The summed E-state index contributed by atoms with van der Waals surface area (Å²) in [6.07, 6.45) is 2.97. The highest BCUT2D eigenvalue weighted by atomic mass is 32.2. The van der Waals surface area contributed by atoms with Crippen LogP contribution in [0.4, 0.5) is 0 Å². The molecule has 0 fully saturated rings. The van der Waals surface area contributed by atoms with Crippen LogP contribution < -0.4 is 0 Å². The molecular weight excluding hydrogens is 222 g/mol. The zero-order chi connectivity index (χ0) is 12.2. The Kier molecular flexibility index (Phi) is 4.01. The second-order valence-corrected chi connectivity index (χ2v) is 5.42. The molecule has 1 rings (SSSR count). The third-order valence-corrected chi connectivity index (χ3v) is 3.19. The predicted molar refractivity (Wildman–Crippen MR) is 66.3 cm³/mol. The minimum absolute atomic E-state index is 0.219. The lowest BCUT2D eigenvalue weighted by atomic mass is 10.2. The number of rotatable bonds is 3. The molecule has 0 aliphatic rings. The van der Waals surface area contributed by atoms with Gasteiger partial charge in [-0.3, -0.25) is 0 Å². The van der Waals surface area contributed by atoms with Gasteiger partial charge in [0.15, 0.2) is 0 Å². The molecule has 0 saturated carbocycles. The summed E-state index contributed by atoms with van der Waals surface area (Å²) >= 11 is 0. The molecule has 0 spiro atoms. The highest BCUT2D eigenvalue weighted by Gasteiger charge is 2.09. The third-order valence-electron chi connectivity index (χ3n) is 1.93. The lowest BCUT2D eigenvalue weighted by molar-refractivity contribution is 0.598. The van der Waals surface area contributed by atoms with E-state index < -0.39 is 10.0 Å². The number of hydrogen-bond donors (Lipinski definition) is 0. The van der Waals surface area contributed by atoms with E-state index in [9.17, 15) is 8.42 Å². The van der Waals surface area contributed by atoms with Gasteiger partial charge in [0.2, 0.25) is 0 Å². The van der Waals surface area contributed by atoms with E-state index >= 15 is 0 Å². The van der Waals surface area contributed by atoms with E-state index in [-0.39, 0.29) is 4.90 Å². The highest BCUT2D eigenvalue weighted by Crippen LogP contribution is 2.12. The van der Waals surface area contributed by atoms with Gasteiger partial charge in [-0.2, -0.15) is 12.8 Å². The molecule has 0 heterocycles. The number of benzene rings is 1. The molecular formula is C12H15NO2S. The second kappa shape index (κ2) is 5.07. The van der Waals surface area contributed by atoms with Crippen molar-refractivity contribution in [1.29, 1.82) is 0 Å². The fourth-order valence-electron chi connectivity index (χ4n) is 1.03. The van der Waals surface area contributed by atoms with E-state index in [1.165, 1.54) is 6.21 Å². The first-order valence-electron chi connectivity index (χ1n) is 4.92. The fraction of sp³-hybridized carbons (Fsp3) is 0.250. The highest BCUT2D eigenvalue weighted by molar-refractivity contribution is 7.90. The Labute approximate surface area is 96.6 Å². The third kappa shape index (κ3) is 3.62. The van der Waals surface area contributed by atoms with E-state index in [1.54, 1.807) is 30.3 Å². The lowest BCUT2D eigenvalue weighted by Crippen LogP contribution is -1.96. The number of aryl methyl sites for hydroxylation is 1. The van der Waals surface area contributed by atoms with Crippen molar-refractivity contribution in [2.24, 2.45) is 4.40 Å². The monoisotopic (exact) mass is 237 g/mol. The average Bonchev–Trinajstić information content (AvgIpc) is 2.17. The van der Waals surface area contributed by atoms with Crippen LogP contribution >= 0.6 is 0 Å². The van der Waals surface area contributed by atoms with Crippen LogP contribution in [0, 0.1) is 6.92 Å². The summed E-state index contributed by atoms with van der Waals surface area (Å²) in [4.78, 5) is 0.219. The van der Waals surface area contributed by atoms with Gasteiger partial charge in [0.25, 0.3) is 10.0 Å². The van der Waals surface area contributed by atoms with Gasteiger partial charge in [0.1, 0.15) is 0 Å². The second-order valence-electron chi connectivity index (χ2n) is 3.79. The van der Waals surface area contributed by atoms with Crippen molar-refractivity contribution < 1.29 is 8.42 Å². The first-order valence-corrected chi connectivity index (χ1v) is 6.36. The maximum absolute atomic E-state index is 11.7. The molecule has 0 aliphatic carbocycles. The van der Waals surface area contributed by atoms with Crippen LogP contribution in [0.25, 0.3) is 0 Å². The minimum atomic E-state index is -3.55. The number of allylic oxidation sites excluding steroid dienone is 2. The smallest absolute Gasteiger partial charge is 0.199 e. The van der Waals surface area contributed by atoms with Gasteiger partial charge in [-0.25, -0.2) is 0 Å². The van der Waals surface area contributed by atoms with E-state index in [0.29, 0.717) is 0 Å². The molecule has 0 radical (unpaired) electrons. The van der Waals surface area contributed by atoms with Gasteiger partial charge < -0.3 is 0 Å². The zero-order valence-corrected chi connectivity index (χ0v) is 10.5. The summed E-state index contributed by atoms with van der Waals surface area (Å²) in [6.45, 7) is 5.66. The number of nitrogens with zero attached hydrogens (tertiary/aromatic N) is 1. The van der Waals surface area contributed by atoms with E-state index in [1.807, 2.05) is 20.8 Å². The van der Waals surface area contributed by atoms with Crippen LogP contribution in [0.2, 0.25) is 0 Å². The fourth-order valence-corrected chi connectivity index (χ4v) is 1.85. The first-order chi connectivity index (χ1) is 7.42. The maximum Gasteiger partial charge on any atom is 0.282 e. The van der Waals surface area contributed by atoms with Gasteiger partial charge in [-0.05, 0) is 39.0 Å². The Balaban J connectivity index is 2.99. The molecule has 86 valence electrons. The van der Waals surface area contributed by atoms with Crippen LogP contribution in [0.3, 0.4) is 0 Å². The van der Waals surface area contributed by atoms with Crippen molar-refractivity contribution in [1.82, 2.24) is 0 Å². The van der Waals surface area contributed by atoms with Crippen molar-refractivity contribution in [2.75, 3.05) is 0 Å². The maximum atomic E-state index is 11.7. The van der Waals surface area contributed by atoms with Crippen molar-refractivity contribution >= 4 is 16.2 Å². The molecule has 0 unspecified atom stereocenters. The Bertz CT molecular complexity index is 506. The standard InChI is InChI=1S/C12H15NO2S/c1-10(2)8-9-13-16(14,15)12-6-4-11(3)5-7-12/h4-9H,1-3H3/b13-9+. The molecule has 16 heavy (non-hydrogen) atoms. The summed E-state index contributed by atoms with van der Waals surface area (Å²) in [7, 11) is -3.55. The van der Waals surface area contributed by atoms with Gasteiger partial charge in [-0.1, -0.05) is 23.3 Å². The topological polar surface area (TPSA) is 46.5 Å². The number of hydrogen-bond acceptors (Lipinski definition) is 2. The van der Waals surface area contributed by atoms with Crippen molar-refractivity contribution in [2.45, 2.75) is 25.7 Å². The van der Waals surface area contributed by atoms with Crippen LogP contribution in [-0.4, -0.2) is 14.6 Å². The van der Waals surface area contributed by atoms with Crippen molar-refractivity contribution in [3.63, 3.8) is 0 Å². The van der Waals surface area contributed by atoms with Gasteiger partial charge in [0.05, 0.1) is 4.90 Å². The lowest BCUT2D eigenvalue weighted by Gasteiger charge is -1.98. The molecule has 1 aromatic carbocycles. The molecule has 1 aromatic rings. The van der Waals surface area contributed by atoms with Crippen LogP contribution in [0.15, 0.2) is 45.2 Å². The Hall–Kier alpha value is -1.42. The first kappa shape index (κ1) is 12.6. The summed E-state index contributed by atoms with van der Waals surface area (Å²) < 4.78 is 27.0. The summed E-state index contributed by atoms with van der Waals surface area (Å²) in [6, 6.07) is 6.63. The van der Waals surface area contributed by atoms with Crippen LogP contribution in [0.1, 0.15) is 19.4 Å². The summed E-state index contributed by atoms with van der Waals surface area (Å²) in [5.74, 6) is 0. The largest absolute Gasteiger partial charge is 0.282 e. The quantitative estimate of drug-likeness (QED) is 0.759. The van der Waals surface area contributed by atoms with E-state index in [4.69, 9.17) is 0 Å². The molecule has 0 atom stereocenters. The van der Waals surface area contributed by atoms with Gasteiger partial charge in [0, 0.05) is 6.21 Å². The summed E-state index contributed by atoms with van der Waals surface area (Å²) in [5.41, 5.74) is 2.02. The Morgan fingerprint density at radius 2 is 1.75 bits per heavy atom. The Morgan fingerprint density at radius 3 is 2.25 bits per heavy atom. The van der Waals surface area contributed by atoms with E-state index in [2.05, 4.69) is 4.40 Å². The normalized spacial score (nSPS) is 11.7. The minimum Gasteiger partial charge on any atom is -0.199 e. The molecule has 0 N–H and O–H groups in total. The SMILES string of the molecule is CC(C)=C/C=N/S(=O)(=O)c1ccc(C)cc1. The van der Waals surface area contributed by atoms with Gasteiger partial charge >= 0.3 is 0 Å². The summed E-state index contributed by atoms with van der Waals surface area (Å²) in [5, 5.41) is 0. The molecule has 3 nitrogen and oxygen atoms in total. The van der Waals surface area contributed by atoms with E-state index in [0.717, 1.165) is 11.1 Å². The molecule has 0 saturated heterocycles. The Morgan fingerprint density at radius 1 is 1.19 bits per heavy atom. The zero-order valence-electron chi connectivity index (χ0n) is 9.64. The van der Waals surface area contributed by atoms with Crippen molar-refractivity contribution in [3.8, 4) is 0 Å². The average molecular weight is 237 g/mol. The number of sulfonamides is 1. The predicted octanol–water partition coefficient (Wildman–Crippen LogP) is 2.72. The molecule has 0 aliphatic heterocycles. The molecule has 0 bridgehead atoms.